The van der Waals surface area contributed by atoms with Crippen molar-refractivity contribution in [3.05, 3.63) is 29.6 Å². The van der Waals surface area contributed by atoms with Crippen LogP contribution in [-0.4, -0.2) is 38.1 Å². The van der Waals surface area contributed by atoms with Crippen LogP contribution in [-0.2, 0) is 0 Å². The van der Waals surface area contributed by atoms with E-state index in [1.165, 1.54) is 6.07 Å². The molecule has 1 atom stereocenters. The molecule has 0 amide bonds. The summed E-state index contributed by atoms with van der Waals surface area (Å²) in [5.74, 6) is -0.158. The number of halogens is 1. The van der Waals surface area contributed by atoms with Gasteiger partial charge in [0.2, 0.25) is 0 Å². The molecule has 1 saturated heterocycles. The van der Waals surface area contributed by atoms with Gasteiger partial charge < -0.3 is 15.5 Å². The van der Waals surface area contributed by atoms with Crippen molar-refractivity contribution >= 4 is 5.69 Å². The molecule has 2 rings (SSSR count). The summed E-state index contributed by atoms with van der Waals surface area (Å²) in [6.45, 7) is 5.69. The van der Waals surface area contributed by atoms with Crippen LogP contribution >= 0.6 is 0 Å². The Labute approximate surface area is 108 Å². The van der Waals surface area contributed by atoms with Gasteiger partial charge in [0.25, 0.3) is 0 Å². The molecule has 1 aliphatic rings. The lowest BCUT2D eigenvalue weighted by Crippen LogP contribution is -2.31. The first-order valence-corrected chi connectivity index (χ1v) is 6.57. The molecular weight excluding hydrogens is 229 g/mol. The molecule has 0 aromatic heterocycles. The molecule has 1 fully saturated rings. The number of para-hydroxylation sites is 1. The predicted octanol–water partition coefficient (Wildman–Crippen LogP) is 1.99. The summed E-state index contributed by atoms with van der Waals surface area (Å²) < 4.78 is 14.1. The van der Waals surface area contributed by atoms with Gasteiger partial charge in [0, 0.05) is 25.7 Å². The highest BCUT2D eigenvalue weighted by atomic mass is 19.1. The van der Waals surface area contributed by atoms with Crippen LogP contribution in [0, 0.1) is 5.82 Å². The van der Waals surface area contributed by atoms with Gasteiger partial charge in [-0.15, -0.1) is 0 Å². The van der Waals surface area contributed by atoms with Crippen LogP contribution in [0.4, 0.5) is 10.1 Å². The SMILES string of the molecule is C[C@@H](N)c1cccc(F)c1N1CCCN(C)CC1. The Morgan fingerprint density at radius 2 is 2.00 bits per heavy atom. The Morgan fingerprint density at radius 3 is 2.72 bits per heavy atom. The first-order valence-electron chi connectivity index (χ1n) is 6.57. The molecular formula is C14H22FN3. The maximum atomic E-state index is 14.1. The van der Waals surface area contributed by atoms with E-state index in [0.29, 0.717) is 5.69 Å². The summed E-state index contributed by atoms with van der Waals surface area (Å²) in [7, 11) is 2.11. The molecule has 0 saturated carbocycles. The molecule has 18 heavy (non-hydrogen) atoms. The maximum absolute atomic E-state index is 14.1. The largest absolute Gasteiger partial charge is 0.368 e. The van der Waals surface area contributed by atoms with Crippen LogP contribution < -0.4 is 10.6 Å². The highest BCUT2D eigenvalue weighted by Crippen LogP contribution is 2.29. The maximum Gasteiger partial charge on any atom is 0.146 e. The van der Waals surface area contributed by atoms with Crippen LogP contribution in [0.1, 0.15) is 24.9 Å². The van der Waals surface area contributed by atoms with Gasteiger partial charge in [0.05, 0.1) is 5.69 Å². The van der Waals surface area contributed by atoms with Crippen molar-refractivity contribution in [1.82, 2.24) is 4.90 Å². The molecule has 0 spiro atoms. The highest BCUT2D eigenvalue weighted by molar-refractivity contribution is 5.56. The third kappa shape index (κ3) is 2.82. The van der Waals surface area contributed by atoms with E-state index >= 15 is 0 Å². The van der Waals surface area contributed by atoms with Crippen molar-refractivity contribution in [3.8, 4) is 0 Å². The van der Waals surface area contributed by atoms with Crippen LogP contribution in [0.3, 0.4) is 0 Å². The molecule has 1 heterocycles. The minimum absolute atomic E-state index is 0.142. The van der Waals surface area contributed by atoms with Crippen molar-refractivity contribution in [2.75, 3.05) is 38.1 Å². The summed E-state index contributed by atoms with van der Waals surface area (Å²) in [6.07, 6.45) is 1.06. The second-order valence-electron chi connectivity index (χ2n) is 5.11. The smallest absolute Gasteiger partial charge is 0.146 e. The molecule has 0 radical (unpaired) electrons. The fourth-order valence-electron chi connectivity index (χ4n) is 2.50. The molecule has 2 N–H and O–H groups in total. The fraction of sp³-hybridized carbons (Fsp3) is 0.571. The summed E-state index contributed by atoms with van der Waals surface area (Å²) in [5, 5.41) is 0. The molecule has 1 aliphatic heterocycles. The number of anilines is 1. The van der Waals surface area contributed by atoms with Crippen LogP contribution in [0.2, 0.25) is 0 Å². The van der Waals surface area contributed by atoms with E-state index in [0.717, 1.165) is 38.2 Å². The lowest BCUT2D eigenvalue weighted by Gasteiger charge is -2.27. The van der Waals surface area contributed by atoms with Gasteiger partial charge in [-0.3, -0.25) is 0 Å². The molecule has 4 heteroatoms. The normalized spacial score (nSPS) is 19.7. The monoisotopic (exact) mass is 251 g/mol. The summed E-state index contributed by atoms with van der Waals surface area (Å²) >= 11 is 0. The third-order valence-electron chi connectivity index (χ3n) is 3.54. The molecule has 1 aromatic rings. The van der Waals surface area contributed by atoms with Gasteiger partial charge in [0.1, 0.15) is 5.82 Å². The van der Waals surface area contributed by atoms with Gasteiger partial charge in [0.15, 0.2) is 0 Å². The average molecular weight is 251 g/mol. The van der Waals surface area contributed by atoms with Gasteiger partial charge in [-0.1, -0.05) is 12.1 Å². The number of nitrogens with two attached hydrogens (primary N) is 1. The number of nitrogens with zero attached hydrogens (tertiary/aromatic N) is 2. The Kier molecular flexibility index (Phi) is 4.19. The molecule has 1 aromatic carbocycles. The molecule has 3 nitrogen and oxygen atoms in total. The van der Waals surface area contributed by atoms with Gasteiger partial charge in [-0.25, -0.2) is 4.39 Å². The second-order valence-corrected chi connectivity index (χ2v) is 5.11. The zero-order valence-corrected chi connectivity index (χ0v) is 11.2. The summed E-state index contributed by atoms with van der Waals surface area (Å²) in [6, 6.07) is 5.05. The van der Waals surface area contributed by atoms with Crippen molar-refractivity contribution in [3.63, 3.8) is 0 Å². The Bertz CT molecular complexity index is 406. The number of hydrogen-bond acceptors (Lipinski definition) is 3. The van der Waals surface area contributed by atoms with E-state index in [4.69, 9.17) is 5.73 Å². The quantitative estimate of drug-likeness (QED) is 0.872. The third-order valence-corrected chi connectivity index (χ3v) is 3.54. The van der Waals surface area contributed by atoms with Crippen LogP contribution in [0.15, 0.2) is 18.2 Å². The fourth-order valence-corrected chi connectivity index (χ4v) is 2.50. The first kappa shape index (κ1) is 13.3. The Morgan fingerprint density at radius 1 is 1.22 bits per heavy atom. The molecule has 0 unspecified atom stereocenters. The first-order chi connectivity index (χ1) is 8.59. The zero-order chi connectivity index (χ0) is 13.1. The van der Waals surface area contributed by atoms with E-state index in [2.05, 4.69) is 16.8 Å². The van der Waals surface area contributed by atoms with E-state index in [1.54, 1.807) is 6.07 Å². The number of rotatable bonds is 2. The minimum atomic E-state index is -0.158. The second kappa shape index (κ2) is 5.67. The van der Waals surface area contributed by atoms with Gasteiger partial charge >= 0.3 is 0 Å². The Hall–Kier alpha value is -1.13. The Balaban J connectivity index is 2.31. The van der Waals surface area contributed by atoms with E-state index in [9.17, 15) is 4.39 Å². The lowest BCUT2D eigenvalue weighted by molar-refractivity contribution is 0.360. The van der Waals surface area contributed by atoms with Crippen molar-refractivity contribution in [2.24, 2.45) is 5.73 Å². The summed E-state index contributed by atoms with van der Waals surface area (Å²) in [5.41, 5.74) is 7.55. The standard InChI is InChI=1S/C14H22FN3/c1-11(16)12-5-3-6-13(15)14(12)18-8-4-7-17(2)9-10-18/h3,5-6,11H,4,7-10,16H2,1-2H3/t11-/m1/s1. The summed E-state index contributed by atoms with van der Waals surface area (Å²) in [4.78, 5) is 4.42. The lowest BCUT2D eigenvalue weighted by atomic mass is 10.1. The highest BCUT2D eigenvalue weighted by Gasteiger charge is 2.20. The average Bonchev–Trinajstić information content (AvgIpc) is 2.53. The minimum Gasteiger partial charge on any atom is -0.368 e. The van der Waals surface area contributed by atoms with Crippen LogP contribution in [0.25, 0.3) is 0 Å². The number of likely N-dealkylation sites (N-methyl/N-ethyl adjacent to an activating group) is 1. The number of benzene rings is 1. The van der Waals surface area contributed by atoms with Crippen LogP contribution in [0.5, 0.6) is 0 Å². The zero-order valence-electron chi connectivity index (χ0n) is 11.2. The van der Waals surface area contributed by atoms with E-state index in [-0.39, 0.29) is 11.9 Å². The van der Waals surface area contributed by atoms with E-state index in [1.807, 2.05) is 13.0 Å². The van der Waals surface area contributed by atoms with E-state index < -0.39 is 0 Å². The van der Waals surface area contributed by atoms with Gasteiger partial charge in [-0.05, 0) is 38.6 Å². The topological polar surface area (TPSA) is 32.5 Å². The van der Waals surface area contributed by atoms with Crippen molar-refractivity contribution in [2.45, 2.75) is 19.4 Å². The van der Waals surface area contributed by atoms with Crippen molar-refractivity contribution < 1.29 is 4.39 Å². The number of hydrogen-bond donors (Lipinski definition) is 1. The predicted molar refractivity (Wildman–Crippen MR) is 73.3 cm³/mol. The van der Waals surface area contributed by atoms with Gasteiger partial charge in [-0.2, -0.15) is 0 Å². The molecule has 0 aliphatic carbocycles. The molecule has 100 valence electrons. The van der Waals surface area contributed by atoms with Crippen molar-refractivity contribution in [1.29, 1.82) is 0 Å². The molecule has 0 bridgehead atoms.